The number of benzene rings is 1. The van der Waals surface area contributed by atoms with Gasteiger partial charge in [0.05, 0.1) is 5.69 Å². The third kappa shape index (κ3) is 5.01. The first kappa shape index (κ1) is 15.8. The Kier molecular flexibility index (Phi) is 6.00. The van der Waals surface area contributed by atoms with Gasteiger partial charge in [-0.15, -0.1) is 0 Å². The Hall–Kier alpha value is -1.61. The van der Waals surface area contributed by atoms with E-state index in [9.17, 15) is 0 Å². The molecule has 0 bridgehead atoms. The number of aromatic nitrogens is 2. The third-order valence-electron chi connectivity index (χ3n) is 3.91. The number of nitrogens with zero attached hydrogens (tertiary/aromatic N) is 2. The van der Waals surface area contributed by atoms with Crippen molar-refractivity contribution in [3.63, 3.8) is 0 Å². The van der Waals surface area contributed by atoms with Gasteiger partial charge >= 0.3 is 0 Å². The van der Waals surface area contributed by atoms with Crippen molar-refractivity contribution >= 4 is 0 Å². The van der Waals surface area contributed by atoms with Gasteiger partial charge in [0.1, 0.15) is 0 Å². The zero-order valence-electron chi connectivity index (χ0n) is 13.5. The van der Waals surface area contributed by atoms with Crippen LogP contribution in [-0.4, -0.2) is 22.4 Å². The molecule has 1 N–H and O–H groups in total. The van der Waals surface area contributed by atoms with E-state index < -0.39 is 0 Å². The average molecular weight is 285 g/mol. The second-order valence-corrected chi connectivity index (χ2v) is 5.74. The lowest BCUT2D eigenvalue weighted by molar-refractivity contribution is 0.464. The van der Waals surface area contributed by atoms with E-state index in [-0.39, 0.29) is 0 Å². The van der Waals surface area contributed by atoms with E-state index in [4.69, 9.17) is 0 Å². The molecule has 2 rings (SSSR count). The fraction of sp³-hybridized carbons (Fsp3) is 0.500. The molecule has 114 valence electrons. The number of rotatable bonds is 8. The summed E-state index contributed by atoms with van der Waals surface area (Å²) in [7, 11) is 2.04. The lowest BCUT2D eigenvalue weighted by Crippen LogP contribution is -2.31. The molecule has 0 amide bonds. The van der Waals surface area contributed by atoms with Crippen molar-refractivity contribution in [2.75, 3.05) is 6.54 Å². The molecule has 1 aromatic heterocycles. The summed E-state index contributed by atoms with van der Waals surface area (Å²) in [5.41, 5.74) is 3.86. The molecule has 3 heteroatoms. The second kappa shape index (κ2) is 7.99. The Morgan fingerprint density at radius 1 is 1.24 bits per heavy atom. The van der Waals surface area contributed by atoms with E-state index in [0.717, 1.165) is 25.1 Å². The Labute approximate surface area is 128 Å². The fourth-order valence-electron chi connectivity index (χ4n) is 2.87. The lowest BCUT2D eigenvalue weighted by Gasteiger charge is -2.18. The van der Waals surface area contributed by atoms with Gasteiger partial charge in [0.2, 0.25) is 0 Å². The average Bonchev–Trinajstić information content (AvgIpc) is 2.78. The number of aryl methyl sites for hydroxylation is 3. The minimum absolute atomic E-state index is 0.536. The molecular formula is C18H27N3. The molecule has 1 heterocycles. The first-order valence-corrected chi connectivity index (χ1v) is 7.96. The van der Waals surface area contributed by atoms with Crippen LogP contribution in [0.3, 0.4) is 0 Å². The van der Waals surface area contributed by atoms with Crippen molar-refractivity contribution in [2.24, 2.45) is 7.05 Å². The van der Waals surface area contributed by atoms with Gasteiger partial charge in [0.15, 0.2) is 0 Å². The summed E-state index contributed by atoms with van der Waals surface area (Å²) in [5.74, 6) is 0. The van der Waals surface area contributed by atoms with E-state index in [1.54, 1.807) is 0 Å². The summed E-state index contributed by atoms with van der Waals surface area (Å²) >= 11 is 0. The van der Waals surface area contributed by atoms with E-state index in [0.29, 0.717) is 6.04 Å². The van der Waals surface area contributed by atoms with Crippen molar-refractivity contribution in [3.05, 3.63) is 53.3 Å². The molecule has 0 aliphatic carbocycles. The minimum atomic E-state index is 0.536. The Bertz CT molecular complexity index is 531. The number of likely N-dealkylation sites (N-methyl/N-ethyl adjacent to an activating group) is 1. The van der Waals surface area contributed by atoms with Gasteiger partial charge in [0, 0.05) is 25.2 Å². The van der Waals surface area contributed by atoms with Crippen LogP contribution in [0, 0.1) is 6.92 Å². The highest BCUT2D eigenvalue weighted by atomic mass is 15.3. The van der Waals surface area contributed by atoms with E-state index >= 15 is 0 Å². The van der Waals surface area contributed by atoms with Gasteiger partial charge in [0.25, 0.3) is 0 Å². The first-order chi connectivity index (χ1) is 10.2. The van der Waals surface area contributed by atoms with Crippen LogP contribution in [-0.2, 0) is 19.9 Å². The number of hydrogen-bond acceptors (Lipinski definition) is 2. The van der Waals surface area contributed by atoms with Crippen LogP contribution in [0.2, 0.25) is 0 Å². The maximum Gasteiger partial charge on any atom is 0.0596 e. The van der Waals surface area contributed by atoms with Crippen molar-refractivity contribution in [1.29, 1.82) is 0 Å². The molecule has 3 nitrogen and oxygen atoms in total. The highest BCUT2D eigenvalue weighted by Crippen LogP contribution is 2.11. The molecular weight excluding hydrogens is 258 g/mol. The number of nitrogens with one attached hydrogen (secondary N) is 1. The van der Waals surface area contributed by atoms with Gasteiger partial charge in [-0.1, -0.05) is 37.3 Å². The quantitative estimate of drug-likeness (QED) is 0.806. The van der Waals surface area contributed by atoms with Gasteiger partial charge < -0.3 is 5.32 Å². The first-order valence-electron chi connectivity index (χ1n) is 7.96. The smallest absolute Gasteiger partial charge is 0.0596 e. The lowest BCUT2D eigenvalue weighted by atomic mass is 10.0. The van der Waals surface area contributed by atoms with E-state index in [1.807, 2.05) is 11.7 Å². The molecule has 0 radical (unpaired) electrons. The van der Waals surface area contributed by atoms with Gasteiger partial charge in [-0.2, -0.15) is 5.10 Å². The summed E-state index contributed by atoms with van der Waals surface area (Å²) in [6, 6.07) is 13.5. The molecule has 1 aromatic carbocycles. The fourth-order valence-corrected chi connectivity index (χ4v) is 2.87. The van der Waals surface area contributed by atoms with Crippen LogP contribution in [0.4, 0.5) is 0 Å². The van der Waals surface area contributed by atoms with Crippen molar-refractivity contribution in [3.8, 4) is 0 Å². The monoisotopic (exact) mass is 285 g/mol. The van der Waals surface area contributed by atoms with Gasteiger partial charge in [-0.3, -0.25) is 4.68 Å². The molecule has 0 aliphatic heterocycles. The van der Waals surface area contributed by atoms with Crippen LogP contribution in [0.1, 0.15) is 36.7 Å². The topological polar surface area (TPSA) is 29.9 Å². The Balaban J connectivity index is 1.85. The zero-order valence-corrected chi connectivity index (χ0v) is 13.5. The molecule has 0 saturated carbocycles. The highest BCUT2D eigenvalue weighted by molar-refractivity contribution is 5.14. The SMILES string of the molecule is CCNC(CCCc1ccccc1)Cc1cc(C)nn1C. The Morgan fingerprint density at radius 2 is 2.00 bits per heavy atom. The molecule has 0 saturated heterocycles. The van der Waals surface area contributed by atoms with Crippen LogP contribution in [0.25, 0.3) is 0 Å². The molecule has 1 atom stereocenters. The van der Waals surface area contributed by atoms with Crippen LogP contribution < -0.4 is 5.32 Å². The van der Waals surface area contributed by atoms with Crippen molar-refractivity contribution < 1.29 is 0 Å². The van der Waals surface area contributed by atoms with Gasteiger partial charge in [-0.05, 0) is 44.4 Å². The summed E-state index contributed by atoms with van der Waals surface area (Å²) in [6.45, 7) is 5.26. The molecule has 1 unspecified atom stereocenters. The second-order valence-electron chi connectivity index (χ2n) is 5.74. The van der Waals surface area contributed by atoms with Crippen LogP contribution in [0.15, 0.2) is 36.4 Å². The zero-order chi connectivity index (χ0) is 15.1. The largest absolute Gasteiger partial charge is 0.314 e. The standard InChI is InChI=1S/C18H27N3/c1-4-19-17(14-18-13-15(2)20-21(18)3)12-8-11-16-9-6-5-7-10-16/h5-7,9-10,13,17,19H,4,8,11-12,14H2,1-3H3. The van der Waals surface area contributed by atoms with Crippen molar-refractivity contribution in [1.82, 2.24) is 15.1 Å². The molecule has 0 aliphatic rings. The third-order valence-corrected chi connectivity index (χ3v) is 3.91. The van der Waals surface area contributed by atoms with Crippen LogP contribution in [0.5, 0.6) is 0 Å². The van der Waals surface area contributed by atoms with E-state index in [2.05, 4.69) is 60.7 Å². The maximum atomic E-state index is 4.44. The molecule has 21 heavy (non-hydrogen) atoms. The normalized spacial score (nSPS) is 12.5. The number of hydrogen-bond donors (Lipinski definition) is 1. The van der Waals surface area contributed by atoms with Gasteiger partial charge in [-0.25, -0.2) is 0 Å². The van der Waals surface area contributed by atoms with E-state index in [1.165, 1.54) is 24.1 Å². The predicted molar refractivity (Wildman–Crippen MR) is 88.5 cm³/mol. The predicted octanol–water partition coefficient (Wildman–Crippen LogP) is 3.27. The molecule has 0 spiro atoms. The summed E-state index contributed by atoms with van der Waals surface area (Å²) < 4.78 is 2.01. The molecule has 0 fully saturated rings. The highest BCUT2D eigenvalue weighted by Gasteiger charge is 2.11. The molecule has 2 aromatic rings. The summed E-state index contributed by atoms with van der Waals surface area (Å²) in [4.78, 5) is 0. The van der Waals surface area contributed by atoms with Crippen molar-refractivity contribution in [2.45, 2.75) is 45.6 Å². The van der Waals surface area contributed by atoms with Crippen LogP contribution >= 0.6 is 0 Å². The summed E-state index contributed by atoms with van der Waals surface area (Å²) in [5, 5.41) is 8.05. The maximum absolute atomic E-state index is 4.44. The minimum Gasteiger partial charge on any atom is -0.314 e. The summed E-state index contributed by atoms with van der Waals surface area (Å²) in [6.07, 6.45) is 4.64. The Morgan fingerprint density at radius 3 is 2.62 bits per heavy atom.